The summed E-state index contributed by atoms with van der Waals surface area (Å²) in [5.74, 6) is -1.20. The molecule has 0 radical (unpaired) electrons. The highest BCUT2D eigenvalue weighted by molar-refractivity contribution is 5.85. The quantitative estimate of drug-likeness (QED) is 0.619. The molecule has 0 atom stereocenters. The molecule has 0 fully saturated rings. The molecule has 0 heterocycles. The van der Waals surface area contributed by atoms with Crippen LogP contribution in [-0.4, -0.2) is 23.7 Å². The van der Waals surface area contributed by atoms with Gasteiger partial charge >= 0.3 is 11.9 Å². The molecule has 1 rings (SSSR count). The van der Waals surface area contributed by atoms with E-state index >= 15 is 0 Å². The Labute approximate surface area is 106 Å². The van der Waals surface area contributed by atoms with Crippen LogP contribution in [0.5, 0.6) is 0 Å². The maximum absolute atomic E-state index is 11.2. The first-order chi connectivity index (χ1) is 8.61. The summed E-state index contributed by atoms with van der Waals surface area (Å²) in [4.78, 5) is 21.6. The van der Waals surface area contributed by atoms with Crippen LogP contribution in [-0.2, 0) is 20.7 Å². The van der Waals surface area contributed by atoms with Crippen LogP contribution >= 0.6 is 0 Å². The van der Waals surface area contributed by atoms with Gasteiger partial charge in [-0.25, -0.2) is 4.79 Å². The van der Waals surface area contributed by atoms with Gasteiger partial charge in [-0.3, -0.25) is 4.79 Å². The van der Waals surface area contributed by atoms with Gasteiger partial charge in [-0.2, -0.15) is 0 Å². The minimum atomic E-state index is -0.980. The van der Waals surface area contributed by atoms with Crippen LogP contribution in [0.15, 0.2) is 30.3 Å². The molecule has 1 aromatic rings. The predicted octanol–water partition coefficient (Wildman–Crippen LogP) is 2.28. The summed E-state index contributed by atoms with van der Waals surface area (Å²) >= 11 is 0. The van der Waals surface area contributed by atoms with E-state index in [-0.39, 0.29) is 5.97 Å². The molecule has 18 heavy (non-hydrogen) atoms. The summed E-state index contributed by atoms with van der Waals surface area (Å²) in [6.45, 7) is 2.16. The van der Waals surface area contributed by atoms with E-state index in [1.165, 1.54) is 6.08 Å². The van der Waals surface area contributed by atoms with Crippen molar-refractivity contribution in [1.29, 1.82) is 0 Å². The number of hydrogen-bond donors (Lipinski definition) is 1. The van der Waals surface area contributed by atoms with Crippen LogP contribution < -0.4 is 0 Å². The Bertz CT molecular complexity index is 449. The van der Waals surface area contributed by atoms with Gasteiger partial charge < -0.3 is 9.84 Å². The van der Waals surface area contributed by atoms with Crippen molar-refractivity contribution in [2.45, 2.75) is 19.8 Å². The number of ether oxygens (including phenoxy) is 1. The molecule has 0 saturated heterocycles. The van der Waals surface area contributed by atoms with Crippen molar-refractivity contribution in [1.82, 2.24) is 0 Å². The molecule has 0 spiro atoms. The third kappa shape index (κ3) is 5.30. The Kier molecular flexibility index (Phi) is 5.64. The molecule has 0 saturated carbocycles. The number of rotatable bonds is 6. The first-order valence-corrected chi connectivity index (χ1v) is 5.77. The highest BCUT2D eigenvalue weighted by Gasteiger charge is 2.02. The second-order valence-corrected chi connectivity index (χ2v) is 3.72. The lowest BCUT2D eigenvalue weighted by molar-refractivity contribution is -0.143. The van der Waals surface area contributed by atoms with E-state index in [4.69, 9.17) is 9.84 Å². The smallest absolute Gasteiger partial charge is 0.328 e. The van der Waals surface area contributed by atoms with Crippen molar-refractivity contribution in [2.24, 2.45) is 0 Å². The normalized spacial score (nSPS) is 10.5. The van der Waals surface area contributed by atoms with Crippen LogP contribution in [0.3, 0.4) is 0 Å². The van der Waals surface area contributed by atoms with Crippen molar-refractivity contribution < 1.29 is 19.4 Å². The molecule has 0 aliphatic rings. The molecule has 0 aromatic heterocycles. The van der Waals surface area contributed by atoms with E-state index in [1.54, 1.807) is 6.92 Å². The minimum Gasteiger partial charge on any atom is -0.478 e. The van der Waals surface area contributed by atoms with Gasteiger partial charge in [0.25, 0.3) is 0 Å². The largest absolute Gasteiger partial charge is 0.478 e. The summed E-state index contributed by atoms with van der Waals surface area (Å²) in [7, 11) is 0. The number of carboxylic acids is 1. The van der Waals surface area contributed by atoms with Gasteiger partial charge in [0.2, 0.25) is 0 Å². The lowest BCUT2D eigenvalue weighted by Crippen LogP contribution is -2.05. The maximum Gasteiger partial charge on any atom is 0.328 e. The van der Waals surface area contributed by atoms with Crippen molar-refractivity contribution in [3.63, 3.8) is 0 Å². The molecule has 96 valence electrons. The van der Waals surface area contributed by atoms with Gasteiger partial charge in [0.15, 0.2) is 0 Å². The van der Waals surface area contributed by atoms with Crippen molar-refractivity contribution >= 4 is 18.0 Å². The zero-order valence-electron chi connectivity index (χ0n) is 10.3. The SMILES string of the molecule is CCOC(=O)CCc1cccc(/C=C/C(=O)O)c1. The Morgan fingerprint density at radius 1 is 1.39 bits per heavy atom. The predicted molar refractivity (Wildman–Crippen MR) is 68.1 cm³/mol. The van der Waals surface area contributed by atoms with E-state index in [0.29, 0.717) is 19.4 Å². The molecular formula is C14H16O4. The fourth-order valence-electron chi connectivity index (χ4n) is 1.50. The molecule has 0 aliphatic carbocycles. The highest BCUT2D eigenvalue weighted by Crippen LogP contribution is 2.09. The molecular weight excluding hydrogens is 232 g/mol. The third-order valence-electron chi connectivity index (χ3n) is 2.29. The summed E-state index contributed by atoms with van der Waals surface area (Å²) < 4.78 is 4.84. The monoisotopic (exact) mass is 248 g/mol. The summed E-state index contributed by atoms with van der Waals surface area (Å²) in [6, 6.07) is 7.41. The van der Waals surface area contributed by atoms with E-state index < -0.39 is 5.97 Å². The molecule has 4 heteroatoms. The van der Waals surface area contributed by atoms with Gasteiger partial charge in [0.1, 0.15) is 0 Å². The number of hydrogen-bond acceptors (Lipinski definition) is 3. The second-order valence-electron chi connectivity index (χ2n) is 3.72. The number of aryl methyl sites for hydroxylation is 1. The van der Waals surface area contributed by atoms with Crippen molar-refractivity contribution in [2.75, 3.05) is 6.61 Å². The van der Waals surface area contributed by atoms with Gasteiger partial charge in [-0.1, -0.05) is 24.3 Å². The summed E-state index contributed by atoms with van der Waals surface area (Å²) in [5, 5.41) is 8.53. The molecule has 1 aromatic carbocycles. The van der Waals surface area contributed by atoms with E-state index in [0.717, 1.165) is 17.2 Å². The molecule has 0 bridgehead atoms. The fraction of sp³-hybridized carbons (Fsp3) is 0.286. The van der Waals surface area contributed by atoms with Gasteiger partial charge in [-0.05, 0) is 30.5 Å². The highest BCUT2D eigenvalue weighted by atomic mass is 16.5. The first-order valence-electron chi connectivity index (χ1n) is 5.77. The van der Waals surface area contributed by atoms with Crippen LogP contribution in [0.4, 0.5) is 0 Å². The van der Waals surface area contributed by atoms with Crippen LogP contribution in [0, 0.1) is 0 Å². The molecule has 0 aliphatic heterocycles. The van der Waals surface area contributed by atoms with E-state index in [9.17, 15) is 9.59 Å². The van der Waals surface area contributed by atoms with E-state index in [1.807, 2.05) is 24.3 Å². The number of carbonyl (C=O) groups excluding carboxylic acids is 1. The second kappa shape index (κ2) is 7.27. The molecule has 0 unspecified atom stereocenters. The number of carboxylic acid groups (broad SMARTS) is 1. The first kappa shape index (κ1) is 14.0. The van der Waals surface area contributed by atoms with Crippen LogP contribution in [0.2, 0.25) is 0 Å². The average molecular weight is 248 g/mol. The lowest BCUT2D eigenvalue weighted by Gasteiger charge is -2.03. The number of benzene rings is 1. The Hall–Kier alpha value is -2.10. The molecule has 1 N–H and O–H groups in total. The van der Waals surface area contributed by atoms with E-state index in [2.05, 4.69) is 0 Å². The van der Waals surface area contributed by atoms with Crippen molar-refractivity contribution in [3.05, 3.63) is 41.5 Å². The molecule has 0 amide bonds. The average Bonchev–Trinajstić information content (AvgIpc) is 2.35. The van der Waals surface area contributed by atoms with Gasteiger partial charge in [0, 0.05) is 12.5 Å². The van der Waals surface area contributed by atoms with Gasteiger partial charge in [-0.15, -0.1) is 0 Å². The Morgan fingerprint density at radius 3 is 2.83 bits per heavy atom. The zero-order chi connectivity index (χ0) is 13.4. The zero-order valence-corrected chi connectivity index (χ0v) is 10.3. The lowest BCUT2D eigenvalue weighted by atomic mass is 10.1. The fourth-order valence-corrected chi connectivity index (χ4v) is 1.50. The topological polar surface area (TPSA) is 63.6 Å². The summed E-state index contributed by atoms with van der Waals surface area (Å²) in [5.41, 5.74) is 1.79. The number of esters is 1. The Balaban J connectivity index is 2.59. The standard InChI is InChI=1S/C14H16O4/c1-2-18-14(17)9-7-12-5-3-4-11(10-12)6-8-13(15)16/h3-6,8,10H,2,7,9H2,1H3,(H,15,16)/b8-6+. The van der Waals surface area contributed by atoms with Crippen molar-refractivity contribution in [3.8, 4) is 0 Å². The minimum absolute atomic E-state index is 0.219. The van der Waals surface area contributed by atoms with Crippen LogP contribution in [0.1, 0.15) is 24.5 Å². The van der Waals surface area contributed by atoms with Gasteiger partial charge in [0.05, 0.1) is 6.61 Å². The molecule has 4 nitrogen and oxygen atoms in total. The third-order valence-corrected chi connectivity index (χ3v) is 2.29. The Morgan fingerprint density at radius 2 is 2.17 bits per heavy atom. The van der Waals surface area contributed by atoms with Crippen LogP contribution in [0.25, 0.3) is 6.08 Å². The maximum atomic E-state index is 11.2. The number of carbonyl (C=O) groups is 2. The number of aliphatic carboxylic acids is 1. The summed E-state index contributed by atoms with van der Waals surface area (Å²) in [6.07, 6.45) is 3.54.